The zero-order chi connectivity index (χ0) is 19.4. The lowest BCUT2D eigenvalue weighted by Gasteiger charge is -2.41. The zero-order valence-electron chi connectivity index (χ0n) is 16.1. The van der Waals surface area contributed by atoms with Gasteiger partial charge in [0.1, 0.15) is 0 Å². The fourth-order valence-corrected chi connectivity index (χ4v) is 4.23. The van der Waals surface area contributed by atoms with Crippen LogP contribution < -0.4 is 0 Å². The van der Waals surface area contributed by atoms with Gasteiger partial charge in [-0.3, -0.25) is 14.4 Å². The second-order valence-electron chi connectivity index (χ2n) is 7.36. The number of piperidine rings is 2. The first-order chi connectivity index (χ1) is 13.0. The van der Waals surface area contributed by atoms with E-state index in [2.05, 4.69) is 0 Å². The average molecular weight is 372 g/mol. The molecule has 0 spiro atoms. The van der Waals surface area contributed by atoms with Crippen LogP contribution in [0.15, 0.2) is 30.3 Å². The van der Waals surface area contributed by atoms with Crippen LogP contribution in [0, 0.1) is 11.8 Å². The molecule has 2 aliphatic rings. The quantitative estimate of drug-likeness (QED) is 0.761. The molecule has 1 aromatic carbocycles. The Kier molecular flexibility index (Phi) is 6.14. The number of nitrogens with zero attached hydrogens (tertiary/aromatic N) is 2. The van der Waals surface area contributed by atoms with E-state index in [1.807, 2.05) is 35.2 Å². The molecule has 0 saturated carbocycles. The van der Waals surface area contributed by atoms with Crippen LogP contribution in [0.4, 0.5) is 0 Å². The fraction of sp³-hybridized carbons (Fsp3) is 0.571. The number of hydrogen-bond donors (Lipinski definition) is 0. The van der Waals surface area contributed by atoms with Crippen LogP contribution in [-0.2, 0) is 19.1 Å². The van der Waals surface area contributed by atoms with Crippen molar-refractivity contribution in [1.82, 2.24) is 9.80 Å². The lowest BCUT2D eigenvalue weighted by atomic mass is 9.83. The Morgan fingerprint density at radius 2 is 1.78 bits per heavy atom. The van der Waals surface area contributed by atoms with E-state index in [0.29, 0.717) is 45.4 Å². The Balaban J connectivity index is 1.71. The van der Waals surface area contributed by atoms with Gasteiger partial charge >= 0.3 is 5.97 Å². The minimum absolute atomic E-state index is 0.0777. The number of esters is 1. The molecule has 2 aliphatic heterocycles. The van der Waals surface area contributed by atoms with E-state index < -0.39 is 0 Å². The van der Waals surface area contributed by atoms with Crippen LogP contribution in [0.5, 0.6) is 0 Å². The molecule has 0 radical (unpaired) electrons. The van der Waals surface area contributed by atoms with Gasteiger partial charge in [-0.05, 0) is 31.7 Å². The van der Waals surface area contributed by atoms with Crippen molar-refractivity contribution in [1.29, 1.82) is 0 Å². The highest BCUT2D eigenvalue weighted by Crippen LogP contribution is 2.37. The van der Waals surface area contributed by atoms with Gasteiger partial charge in [0, 0.05) is 26.6 Å². The molecular formula is C21H28N2O4. The molecule has 0 aliphatic carbocycles. The summed E-state index contributed by atoms with van der Waals surface area (Å²) < 4.78 is 5.11. The maximum Gasteiger partial charge on any atom is 0.309 e. The molecule has 2 fully saturated rings. The Hall–Kier alpha value is -2.37. The van der Waals surface area contributed by atoms with Gasteiger partial charge in [0.15, 0.2) is 0 Å². The Morgan fingerprint density at radius 1 is 1.11 bits per heavy atom. The zero-order valence-corrected chi connectivity index (χ0v) is 16.1. The highest BCUT2D eigenvalue weighted by atomic mass is 16.5. The number of rotatable bonds is 4. The largest absolute Gasteiger partial charge is 0.466 e. The van der Waals surface area contributed by atoms with E-state index in [9.17, 15) is 14.4 Å². The van der Waals surface area contributed by atoms with Gasteiger partial charge in [-0.1, -0.05) is 30.3 Å². The molecule has 0 unspecified atom stereocenters. The van der Waals surface area contributed by atoms with Crippen molar-refractivity contribution in [3.05, 3.63) is 35.9 Å². The minimum atomic E-state index is -0.241. The predicted molar refractivity (Wildman–Crippen MR) is 101 cm³/mol. The third-order valence-electron chi connectivity index (χ3n) is 5.75. The molecule has 2 heterocycles. The summed E-state index contributed by atoms with van der Waals surface area (Å²) in [5.41, 5.74) is 0.993. The van der Waals surface area contributed by atoms with Crippen LogP contribution in [0.2, 0.25) is 0 Å². The summed E-state index contributed by atoms with van der Waals surface area (Å²) >= 11 is 0. The standard InChI is InChI=1S/C21H28N2O4/c1-3-27-21(26)16-11-13-23(14-12-16)20(25)17-9-10-18(24)22(2)19(17)15-7-5-4-6-8-15/h4-8,16-17,19H,3,9-14H2,1-2H3/t17-,19-/m1/s1. The molecule has 0 N–H and O–H groups in total. The minimum Gasteiger partial charge on any atom is -0.466 e. The maximum absolute atomic E-state index is 13.3. The van der Waals surface area contributed by atoms with Crippen LogP contribution in [0.3, 0.4) is 0 Å². The first kappa shape index (κ1) is 19.4. The van der Waals surface area contributed by atoms with Crippen molar-refractivity contribution in [2.24, 2.45) is 11.8 Å². The van der Waals surface area contributed by atoms with Gasteiger partial charge in [0.2, 0.25) is 11.8 Å². The number of carbonyl (C=O) groups is 3. The lowest BCUT2D eigenvalue weighted by Crippen LogP contribution is -2.49. The molecular weight excluding hydrogens is 344 g/mol. The molecule has 6 heteroatoms. The molecule has 6 nitrogen and oxygen atoms in total. The first-order valence-corrected chi connectivity index (χ1v) is 9.79. The van der Waals surface area contributed by atoms with Gasteiger partial charge in [0.25, 0.3) is 0 Å². The smallest absolute Gasteiger partial charge is 0.309 e. The second-order valence-corrected chi connectivity index (χ2v) is 7.36. The van der Waals surface area contributed by atoms with Crippen molar-refractivity contribution in [3.63, 3.8) is 0 Å². The van der Waals surface area contributed by atoms with Crippen molar-refractivity contribution in [2.75, 3.05) is 26.7 Å². The van der Waals surface area contributed by atoms with E-state index in [-0.39, 0.29) is 35.7 Å². The summed E-state index contributed by atoms with van der Waals surface area (Å²) in [4.78, 5) is 41.0. The number of hydrogen-bond acceptors (Lipinski definition) is 4. The molecule has 1 aromatic rings. The topological polar surface area (TPSA) is 66.9 Å². The number of amides is 2. The highest BCUT2D eigenvalue weighted by Gasteiger charge is 2.41. The van der Waals surface area contributed by atoms with Crippen LogP contribution in [-0.4, -0.2) is 54.3 Å². The summed E-state index contributed by atoms with van der Waals surface area (Å²) in [6, 6.07) is 9.54. The molecule has 3 rings (SSSR count). The molecule has 2 amide bonds. The van der Waals surface area contributed by atoms with Crippen molar-refractivity contribution in [2.45, 2.75) is 38.6 Å². The van der Waals surface area contributed by atoms with Gasteiger partial charge in [-0.2, -0.15) is 0 Å². The Morgan fingerprint density at radius 3 is 2.41 bits per heavy atom. The second kappa shape index (κ2) is 8.55. The predicted octanol–water partition coefficient (Wildman–Crippen LogP) is 2.40. The maximum atomic E-state index is 13.3. The Labute approximate surface area is 160 Å². The van der Waals surface area contributed by atoms with Gasteiger partial charge < -0.3 is 14.5 Å². The number of ether oxygens (including phenoxy) is 1. The average Bonchev–Trinajstić information content (AvgIpc) is 2.70. The van der Waals surface area contributed by atoms with Gasteiger partial charge in [0.05, 0.1) is 24.5 Å². The SMILES string of the molecule is CCOC(=O)C1CCN(C(=O)[C@@H]2CCC(=O)N(C)[C@@H]2c2ccccc2)CC1. The third kappa shape index (κ3) is 4.15. The van der Waals surface area contributed by atoms with E-state index in [1.165, 1.54) is 0 Å². The van der Waals surface area contributed by atoms with Crippen LogP contribution >= 0.6 is 0 Å². The van der Waals surface area contributed by atoms with Gasteiger partial charge in [-0.15, -0.1) is 0 Å². The highest BCUT2D eigenvalue weighted by molar-refractivity contribution is 5.85. The fourth-order valence-electron chi connectivity index (χ4n) is 4.23. The molecule has 2 saturated heterocycles. The normalized spacial score (nSPS) is 24.0. The number of benzene rings is 1. The summed E-state index contributed by atoms with van der Waals surface area (Å²) in [6.07, 6.45) is 2.25. The van der Waals surface area contributed by atoms with Crippen molar-refractivity contribution < 1.29 is 19.1 Å². The van der Waals surface area contributed by atoms with E-state index in [4.69, 9.17) is 4.74 Å². The number of likely N-dealkylation sites (tertiary alicyclic amines) is 2. The molecule has 0 bridgehead atoms. The Bertz CT molecular complexity index is 683. The summed E-state index contributed by atoms with van der Waals surface area (Å²) in [5.74, 6) is -0.349. The van der Waals surface area contributed by atoms with Crippen LogP contribution in [0.25, 0.3) is 0 Å². The monoisotopic (exact) mass is 372 g/mol. The molecule has 27 heavy (non-hydrogen) atoms. The molecule has 2 atom stereocenters. The van der Waals surface area contributed by atoms with Crippen molar-refractivity contribution in [3.8, 4) is 0 Å². The lowest BCUT2D eigenvalue weighted by molar-refractivity contribution is -0.154. The third-order valence-corrected chi connectivity index (χ3v) is 5.75. The summed E-state index contributed by atoms with van der Waals surface area (Å²) in [6.45, 7) is 3.33. The summed E-state index contributed by atoms with van der Waals surface area (Å²) in [5, 5.41) is 0. The van der Waals surface area contributed by atoms with E-state index >= 15 is 0 Å². The molecule has 0 aromatic heterocycles. The van der Waals surface area contributed by atoms with E-state index in [1.54, 1.807) is 18.9 Å². The summed E-state index contributed by atoms with van der Waals surface area (Å²) in [7, 11) is 1.78. The van der Waals surface area contributed by atoms with Crippen LogP contribution in [0.1, 0.15) is 44.2 Å². The molecule has 146 valence electrons. The number of carbonyl (C=O) groups excluding carboxylic acids is 3. The van der Waals surface area contributed by atoms with Gasteiger partial charge in [-0.25, -0.2) is 0 Å². The van der Waals surface area contributed by atoms with E-state index in [0.717, 1.165) is 5.56 Å². The first-order valence-electron chi connectivity index (χ1n) is 9.79. The van der Waals surface area contributed by atoms with Crippen molar-refractivity contribution >= 4 is 17.8 Å².